The molecule has 0 atom stereocenters. The SMILES string of the molecule is CS(=O)(=O)c1ccc(Oc2nc(F)c(F)cc2F)cc1. The lowest BCUT2D eigenvalue weighted by molar-refractivity contribution is 0.387. The zero-order valence-electron chi connectivity index (χ0n) is 10.1. The van der Waals surface area contributed by atoms with Crippen molar-refractivity contribution >= 4 is 9.84 Å². The maximum atomic E-state index is 13.3. The molecule has 4 nitrogen and oxygen atoms in total. The first-order valence-electron chi connectivity index (χ1n) is 5.27. The van der Waals surface area contributed by atoms with Crippen LogP contribution in [-0.2, 0) is 9.84 Å². The molecule has 0 amide bonds. The molecule has 0 fully saturated rings. The highest BCUT2D eigenvalue weighted by Crippen LogP contribution is 2.24. The summed E-state index contributed by atoms with van der Waals surface area (Å²) in [5.41, 5.74) is 0. The maximum absolute atomic E-state index is 13.3. The van der Waals surface area contributed by atoms with Crippen LogP contribution in [0, 0.1) is 17.6 Å². The Hall–Kier alpha value is -2.09. The summed E-state index contributed by atoms with van der Waals surface area (Å²) in [6, 6.07) is 5.28. The molecule has 0 spiro atoms. The average Bonchev–Trinajstić information content (AvgIpc) is 2.35. The monoisotopic (exact) mass is 303 g/mol. The smallest absolute Gasteiger partial charge is 0.258 e. The molecule has 0 radical (unpaired) electrons. The van der Waals surface area contributed by atoms with Crippen LogP contribution in [0.2, 0.25) is 0 Å². The van der Waals surface area contributed by atoms with E-state index in [0.717, 1.165) is 6.26 Å². The van der Waals surface area contributed by atoms with E-state index in [1.54, 1.807) is 0 Å². The van der Waals surface area contributed by atoms with Crippen LogP contribution in [0.5, 0.6) is 11.6 Å². The van der Waals surface area contributed by atoms with Crippen LogP contribution in [0.1, 0.15) is 0 Å². The van der Waals surface area contributed by atoms with Crippen molar-refractivity contribution in [1.29, 1.82) is 0 Å². The molecule has 0 aliphatic heterocycles. The molecule has 0 bridgehead atoms. The van der Waals surface area contributed by atoms with Crippen LogP contribution in [0.3, 0.4) is 0 Å². The minimum atomic E-state index is -3.37. The molecule has 2 aromatic rings. The molecule has 0 saturated heterocycles. The maximum Gasteiger partial charge on any atom is 0.258 e. The third-order valence-electron chi connectivity index (χ3n) is 2.32. The number of aromatic nitrogens is 1. The highest BCUT2D eigenvalue weighted by Gasteiger charge is 2.14. The molecule has 0 unspecified atom stereocenters. The van der Waals surface area contributed by atoms with Gasteiger partial charge in [0.05, 0.1) is 4.90 Å². The van der Waals surface area contributed by atoms with E-state index in [-0.39, 0.29) is 10.6 Å². The number of ether oxygens (including phenoxy) is 1. The number of rotatable bonds is 3. The Morgan fingerprint density at radius 3 is 2.20 bits per heavy atom. The largest absolute Gasteiger partial charge is 0.436 e. The van der Waals surface area contributed by atoms with Gasteiger partial charge < -0.3 is 4.74 Å². The van der Waals surface area contributed by atoms with Crippen LogP contribution in [0.25, 0.3) is 0 Å². The van der Waals surface area contributed by atoms with Gasteiger partial charge in [0.2, 0.25) is 0 Å². The van der Waals surface area contributed by atoms with E-state index in [9.17, 15) is 21.6 Å². The van der Waals surface area contributed by atoms with Crippen LogP contribution >= 0.6 is 0 Å². The van der Waals surface area contributed by atoms with Gasteiger partial charge >= 0.3 is 0 Å². The Balaban J connectivity index is 2.29. The summed E-state index contributed by atoms with van der Waals surface area (Å²) in [6.07, 6.45) is 1.03. The van der Waals surface area contributed by atoms with Crippen LogP contribution < -0.4 is 4.74 Å². The average molecular weight is 303 g/mol. The first-order chi connectivity index (χ1) is 9.27. The summed E-state index contributed by atoms with van der Waals surface area (Å²) in [5.74, 6) is -4.79. The molecule has 20 heavy (non-hydrogen) atoms. The van der Waals surface area contributed by atoms with Crippen LogP contribution in [0.4, 0.5) is 13.2 Å². The van der Waals surface area contributed by atoms with Gasteiger partial charge in [-0.15, -0.1) is 0 Å². The topological polar surface area (TPSA) is 56.3 Å². The second kappa shape index (κ2) is 5.12. The predicted molar refractivity (Wildman–Crippen MR) is 63.7 cm³/mol. The van der Waals surface area contributed by atoms with Gasteiger partial charge in [0.15, 0.2) is 21.5 Å². The third-order valence-corrected chi connectivity index (χ3v) is 3.45. The Labute approximate surface area is 112 Å². The lowest BCUT2D eigenvalue weighted by atomic mass is 10.3. The van der Waals surface area contributed by atoms with Crippen molar-refractivity contribution < 1.29 is 26.3 Å². The van der Waals surface area contributed by atoms with Gasteiger partial charge in [-0.05, 0) is 24.3 Å². The van der Waals surface area contributed by atoms with Crippen molar-refractivity contribution in [2.75, 3.05) is 6.26 Å². The van der Waals surface area contributed by atoms with E-state index < -0.39 is 33.3 Å². The number of halogens is 3. The Morgan fingerprint density at radius 2 is 1.65 bits per heavy atom. The van der Waals surface area contributed by atoms with Crippen LogP contribution in [-0.4, -0.2) is 19.7 Å². The van der Waals surface area contributed by atoms with Gasteiger partial charge in [0, 0.05) is 12.3 Å². The predicted octanol–water partition coefficient (Wildman–Crippen LogP) is 2.69. The molecule has 1 aromatic carbocycles. The highest BCUT2D eigenvalue weighted by atomic mass is 32.2. The Bertz CT molecular complexity index is 745. The molecular formula is C12H8F3NO3S. The normalized spacial score (nSPS) is 11.4. The molecule has 106 valence electrons. The van der Waals surface area contributed by atoms with Crippen molar-refractivity contribution in [2.24, 2.45) is 0 Å². The van der Waals surface area contributed by atoms with E-state index in [4.69, 9.17) is 4.74 Å². The summed E-state index contributed by atoms with van der Waals surface area (Å²) in [4.78, 5) is 3.03. The molecular weight excluding hydrogens is 295 g/mol. The van der Waals surface area contributed by atoms with Crippen molar-refractivity contribution in [3.05, 3.63) is 47.9 Å². The lowest BCUT2D eigenvalue weighted by Crippen LogP contribution is -1.99. The summed E-state index contributed by atoms with van der Waals surface area (Å²) < 4.78 is 66.2. The fourth-order valence-electron chi connectivity index (χ4n) is 1.37. The van der Waals surface area contributed by atoms with Gasteiger partial charge in [-0.2, -0.15) is 9.37 Å². The number of nitrogens with zero attached hydrogens (tertiary/aromatic N) is 1. The first-order valence-corrected chi connectivity index (χ1v) is 7.16. The van der Waals surface area contributed by atoms with Crippen molar-refractivity contribution in [1.82, 2.24) is 4.98 Å². The van der Waals surface area contributed by atoms with E-state index >= 15 is 0 Å². The summed E-state index contributed by atoms with van der Waals surface area (Å²) in [5, 5.41) is 0. The van der Waals surface area contributed by atoms with Crippen molar-refractivity contribution in [3.8, 4) is 11.6 Å². The molecule has 1 aromatic heterocycles. The lowest BCUT2D eigenvalue weighted by Gasteiger charge is -2.06. The highest BCUT2D eigenvalue weighted by molar-refractivity contribution is 7.90. The summed E-state index contributed by atoms with van der Waals surface area (Å²) >= 11 is 0. The number of pyridine rings is 1. The quantitative estimate of drug-likeness (QED) is 0.818. The molecule has 8 heteroatoms. The number of benzene rings is 1. The van der Waals surface area contributed by atoms with Crippen molar-refractivity contribution in [3.63, 3.8) is 0 Å². The van der Waals surface area contributed by atoms with Gasteiger partial charge in [-0.1, -0.05) is 0 Å². The second-order valence-corrected chi connectivity index (χ2v) is 5.91. The molecule has 0 aliphatic carbocycles. The van der Waals surface area contributed by atoms with Gasteiger partial charge in [-0.25, -0.2) is 17.2 Å². The van der Waals surface area contributed by atoms with E-state index in [2.05, 4.69) is 4.98 Å². The number of sulfone groups is 1. The van der Waals surface area contributed by atoms with E-state index in [1.807, 2.05) is 0 Å². The summed E-state index contributed by atoms with van der Waals surface area (Å²) in [7, 11) is -3.37. The third kappa shape index (κ3) is 3.08. The second-order valence-electron chi connectivity index (χ2n) is 3.89. The van der Waals surface area contributed by atoms with Crippen molar-refractivity contribution in [2.45, 2.75) is 4.90 Å². The Morgan fingerprint density at radius 1 is 1.05 bits per heavy atom. The van der Waals surface area contributed by atoms with E-state index in [0.29, 0.717) is 6.07 Å². The van der Waals surface area contributed by atoms with Gasteiger partial charge in [0.25, 0.3) is 11.8 Å². The molecule has 0 aliphatic rings. The minimum absolute atomic E-state index is 0.0369. The molecule has 1 heterocycles. The first kappa shape index (κ1) is 14.3. The molecule has 0 saturated carbocycles. The summed E-state index contributed by atoms with van der Waals surface area (Å²) in [6.45, 7) is 0. The minimum Gasteiger partial charge on any atom is -0.436 e. The van der Waals surface area contributed by atoms with Gasteiger partial charge in [-0.3, -0.25) is 0 Å². The fraction of sp³-hybridized carbons (Fsp3) is 0.0833. The standard InChI is InChI=1S/C12H8F3NO3S/c1-20(17,18)8-4-2-7(3-5-8)19-12-10(14)6-9(13)11(15)16-12/h2-6H,1H3. The zero-order chi connectivity index (χ0) is 14.9. The molecule has 2 rings (SSSR count). The molecule has 0 N–H and O–H groups in total. The Kier molecular flexibility index (Phi) is 3.67. The van der Waals surface area contributed by atoms with Gasteiger partial charge in [0.1, 0.15) is 5.75 Å². The fourth-order valence-corrected chi connectivity index (χ4v) is 2.00. The number of hydrogen-bond acceptors (Lipinski definition) is 4. The zero-order valence-corrected chi connectivity index (χ0v) is 10.9. The van der Waals surface area contributed by atoms with E-state index in [1.165, 1.54) is 24.3 Å². The van der Waals surface area contributed by atoms with Crippen LogP contribution in [0.15, 0.2) is 35.2 Å². The number of hydrogen-bond donors (Lipinski definition) is 0.